The van der Waals surface area contributed by atoms with Crippen molar-refractivity contribution in [2.24, 2.45) is 0 Å². The van der Waals surface area contributed by atoms with Crippen molar-refractivity contribution in [2.45, 2.75) is 13.8 Å². The Morgan fingerprint density at radius 3 is 2.57 bits per heavy atom. The number of aromatic nitrogens is 1. The molecule has 6 heteroatoms. The van der Waals surface area contributed by atoms with E-state index in [2.05, 4.69) is 10.5 Å². The molecule has 0 saturated carbocycles. The average molecular weight is 198 g/mol. The van der Waals surface area contributed by atoms with Crippen LogP contribution in [0.1, 0.15) is 21.8 Å². The van der Waals surface area contributed by atoms with Crippen molar-refractivity contribution in [3.63, 3.8) is 0 Å². The van der Waals surface area contributed by atoms with Gasteiger partial charge in [-0.3, -0.25) is 9.59 Å². The summed E-state index contributed by atoms with van der Waals surface area (Å²) in [6, 6.07) is 0. The van der Waals surface area contributed by atoms with Gasteiger partial charge < -0.3 is 14.9 Å². The minimum atomic E-state index is -1.10. The predicted molar refractivity (Wildman–Crippen MR) is 45.9 cm³/mol. The normalized spacial score (nSPS) is 9.86. The van der Waals surface area contributed by atoms with Crippen molar-refractivity contribution in [1.29, 1.82) is 0 Å². The molecule has 0 radical (unpaired) electrons. The van der Waals surface area contributed by atoms with Crippen molar-refractivity contribution >= 4 is 11.9 Å². The minimum Gasteiger partial charge on any atom is -0.480 e. The summed E-state index contributed by atoms with van der Waals surface area (Å²) in [7, 11) is 0. The molecule has 0 unspecified atom stereocenters. The Kier molecular flexibility index (Phi) is 2.85. The molecule has 1 aromatic rings. The highest BCUT2D eigenvalue weighted by Gasteiger charge is 2.16. The lowest BCUT2D eigenvalue weighted by Crippen LogP contribution is -2.29. The standard InChI is InChI=1S/C8H10N2O4/c1-4-5(2)14-10-7(4)8(13)9-3-6(11)12/h3H2,1-2H3,(H,9,13)(H,11,12). The highest BCUT2D eigenvalue weighted by atomic mass is 16.5. The van der Waals surface area contributed by atoms with E-state index in [4.69, 9.17) is 9.63 Å². The summed E-state index contributed by atoms with van der Waals surface area (Å²) >= 11 is 0. The van der Waals surface area contributed by atoms with E-state index in [-0.39, 0.29) is 5.69 Å². The van der Waals surface area contributed by atoms with Gasteiger partial charge in [-0.2, -0.15) is 0 Å². The van der Waals surface area contributed by atoms with E-state index in [0.29, 0.717) is 11.3 Å². The molecule has 0 fully saturated rings. The van der Waals surface area contributed by atoms with Crippen LogP contribution in [0.25, 0.3) is 0 Å². The van der Waals surface area contributed by atoms with E-state index in [1.165, 1.54) is 0 Å². The van der Waals surface area contributed by atoms with Crippen molar-refractivity contribution < 1.29 is 19.2 Å². The lowest BCUT2D eigenvalue weighted by molar-refractivity contribution is -0.135. The fraction of sp³-hybridized carbons (Fsp3) is 0.375. The molecule has 0 aliphatic heterocycles. The Labute approximate surface area is 79.9 Å². The Morgan fingerprint density at radius 1 is 1.50 bits per heavy atom. The number of carboxylic acids is 1. The number of carbonyl (C=O) groups is 2. The number of rotatable bonds is 3. The summed E-state index contributed by atoms with van der Waals surface area (Å²) < 4.78 is 4.76. The van der Waals surface area contributed by atoms with Crippen molar-refractivity contribution in [3.05, 3.63) is 17.0 Å². The van der Waals surface area contributed by atoms with Gasteiger partial charge in [0, 0.05) is 5.56 Å². The number of carboxylic acid groups (broad SMARTS) is 1. The number of nitrogens with zero attached hydrogens (tertiary/aromatic N) is 1. The second-order valence-corrected chi connectivity index (χ2v) is 2.79. The summed E-state index contributed by atoms with van der Waals surface area (Å²) in [5, 5.41) is 14.0. The first-order valence-corrected chi connectivity index (χ1v) is 3.95. The molecule has 0 atom stereocenters. The highest BCUT2D eigenvalue weighted by Crippen LogP contribution is 2.10. The maximum Gasteiger partial charge on any atom is 0.322 e. The number of amides is 1. The predicted octanol–water partition coefficient (Wildman–Crippen LogP) is 0.106. The van der Waals surface area contributed by atoms with E-state index in [9.17, 15) is 9.59 Å². The van der Waals surface area contributed by atoms with E-state index in [0.717, 1.165) is 0 Å². The lowest BCUT2D eigenvalue weighted by Gasteiger charge is -1.98. The van der Waals surface area contributed by atoms with Crippen LogP contribution in [0.2, 0.25) is 0 Å². The number of carbonyl (C=O) groups excluding carboxylic acids is 1. The maximum atomic E-state index is 11.3. The van der Waals surface area contributed by atoms with E-state index in [1.807, 2.05) is 0 Å². The van der Waals surface area contributed by atoms with Crippen LogP contribution in [0, 0.1) is 13.8 Å². The molecule has 0 saturated heterocycles. The number of hydrogen-bond acceptors (Lipinski definition) is 4. The van der Waals surface area contributed by atoms with Crippen molar-refractivity contribution in [3.8, 4) is 0 Å². The maximum absolute atomic E-state index is 11.3. The number of aliphatic carboxylic acids is 1. The smallest absolute Gasteiger partial charge is 0.322 e. The monoisotopic (exact) mass is 198 g/mol. The highest BCUT2D eigenvalue weighted by molar-refractivity contribution is 5.95. The molecule has 1 aromatic heterocycles. The van der Waals surface area contributed by atoms with Crippen molar-refractivity contribution in [1.82, 2.24) is 10.5 Å². The molecule has 2 N–H and O–H groups in total. The SMILES string of the molecule is Cc1onc(C(=O)NCC(=O)O)c1C. The first kappa shape index (κ1) is 10.2. The second kappa shape index (κ2) is 3.91. The minimum absolute atomic E-state index is 0.128. The van der Waals surface area contributed by atoms with Crippen LogP contribution < -0.4 is 5.32 Å². The van der Waals surface area contributed by atoms with E-state index in [1.54, 1.807) is 13.8 Å². The first-order chi connectivity index (χ1) is 6.52. The summed E-state index contributed by atoms with van der Waals surface area (Å²) in [5.41, 5.74) is 0.747. The van der Waals surface area contributed by atoms with Gasteiger partial charge in [-0.1, -0.05) is 5.16 Å². The third-order valence-electron chi connectivity index (χ3n) is 1.77. The van der Waals surface area contributed by atoms with Gasteiger partial charge in [0.15, 0.2) is 5.69 Å². The molecule has 0 spiro atoms. The van der Waals surface area contributed by atoms with Crippen LogP contribution in [0.3, 0.4) is 0 Å². The van der Waals surface area contributed by atoms with Gasteiger partial charge >= 0.3 is 5.97 Å². The van der Waals surface area contributed by atoms with Crippen LogP contribution in [0.4, 0.5) is 0 Å². The molecule has 14 heavy (non-hydrogen) atoms. The van der Waals surface area contributed by atoms with E-state index < -0.39 is 18.4 Å². The number of aryl methyl sites for hydroxylation is 1. The Morgan fingerprint density at radius 2 is 2.14 bits per heavy atom. The molecule has 1 heterocycles. The molecule has 0 bridgehead atoms. The number of nitrogens with one attached hydrogen (secondary N) is 1. The molecule has 0 aliphatic rings. The zero-order chi connectivity index (χ0) is 10.7. The Hall–Kier alpha value is -1.85. The molecule has 6 nitrogen and oxygen atoms in total. The lowest BCUT2D eigenvalue weighted by atomic mass is 10.2. The molecular formula is C8H10N2O4. The molecule has 1 rings (SSSR count). The van der Waals surface area contributed by atoms with Gasteiger partial charge in [0.2, 0.25) is 0 Å². The summed E-state index contributed by atoms with van der Waals surface area (Å²) in [5.74, 6) is -1.09. The van der Waals surface area contributed by atoms with Gasteiger partial charge in [0.05, 0.1) is 0 Å². The van der Waals surface area contributed by atoms with Gasteiger partial charge in [-0.15, -0.1) is 0 Å². The van der Waals surface area contributed by atoms with Gasteiger partial charge in [-0.05, 0) is 13.8 Å². The average Bonchev–Trinajstić information content (AvgIpc) is 2.44. The fourth-order valence-corrected chi connectivity index (χ4v) is 0.869. The Bertz CT molecular complexity index is 369. The third kappa shape index (κ3) is 2.09. The van der Waals surface area contributed by atoms with Crippen LogP contribution >= 0.6 is 0 Å². The molecule has 0 aliphatic carbocycles. The third-order valence-corrected chi connectivity index (χ3v) is 1.77. The second-order valence-electron chi connectivity index (χ2n) is 2.79. The van der Waals surface area contributed by atoms with Crippen LogP contribution in [-0.2, 0) is 4.79 Å². The van der Waals surface area contributed by atoms with Gasteiger partial charge in [0.1, 0.15) is 12.3 Å². The summed E-state index contributed by atoms with van der Waals surface area (Å²) in [6.45, 7) is 2.93. The molecule has 76 valence electrons. The molecular weight excluding hydrogens is 188 g/mol. The van der Waals surface area contributed by atoms with Gasteiger partial charge in [-0.25, -0.2) is 0 Å². The summed E-state index contributed by atoms with van der Waals surface area (Å²) in [6.07, 6.45) is 0. The zero-order valence-corrected chi connectivity index (χ0v) is 7.83. The molecule has 1 amide bonds. The largest absolute Gasteiger partial charge is 0.480 e. The zero-order valence-electron chi connectivity index (χ0n) is 7.83. The Balaban J connectivity index is 2.70. The topological polar surface area (TPSA) is 92.4 Å². The number of hydrogen-bond donors (Lipinski definition) is 2. The first-order valence-electron chi connectivity index (χ1n) is 3.95. The van der Waals surface area contributed by atoms with Crippen LogP contribution in [0.5, 0.6) is 0 Å². The summed E-state index contributed by atoms with van der Waals surface area (Å²) in [4.78, 5) is 21.5. The quantitative estimate of drug-likeness (QED) is 0.718. The van der Waals surface area contributed by atoms with Gasteiger partial charge in [0.25, 0.3) is 5.91 Å². The fourth-order valence-electron chi connectivity index (χ4n) is 0.869. The van der Waals surface area contributed by atoms with Crippen LogP contribution in [-0.4, -0.2) is 28.7 Å². The van der Waals surface area contributed by atoms with Crippen LogP contribution in [0.15, 0.2) is 4.52 Å². The molecule has 0 aromatic carbocycles. The van der Waals surface area contributed by atoms with E-state index >= 15 is 0 Å². The van der Waals surface area contributed by atoms with Crippen molar-refractivity contribution in [2.75, 3.05) is 6.54 Å².